The highest BCUT2D eigenvalue weighted by atomic mass is 16.5. The van der Waals surface area contributed by atoms with Gasteiger partial charge in [0.15, 0.2) is 12.2 Å². The molecule has 1 aromatic carbocycles. The third kappa shape index (κ3) is 4.06. The first-order valence-electron chi connectivity index (χ1n) is 8.16. The Morgan fingerprint density at radius 3 is 2.62 bits per heavy atom. The van der Waals surface area contributed by atoms with E-state index in [-0.39, 0.29) is 30.9 Å². The lowest BCUT2D eigenvalue weighted by atomic mass is 9.86. The molecule has 1 heterocycles. The average Bonchev–Trinajstić information content (AvgIpc) is 2.52. The number of hydrogen-bond donors (Lipinski definition) is 2. The number of primary amides is 1. The summed E-state index contributed by atoms with van der Waals surface area (Å²) in [5.41, 5.74) is 4.52. The molecule has 3 N–H and O–H groups in total. The van der Waals surface area contributed by atoms with Crippen LogP contribution in [-0.2, 0) is 15.0 Å². The zero-order valence-electron chi connectivity index (χ0n) is 14.5. The van der Waals surface area contributed by atoms with Gasteiger partial charge in [0.25, 0.3) is 11.8 Å². The van der Waals surface area contributed by atoms with Crippen LogP contribution in [0.2, 0.25) is 0 Å². The highest BCUT2D eigenvalue weighted by molar-refractivity contribution is 5.85. The standard InChI is InChI=1S/C18H26N2O4/c1-17(2,3)13-7-4-5-8-14(13)24-11-15(21)20-10-6-9-18(23,12-20)16(19)22/h4-5,7-8,23H,6,9-12H2,1-3H3,(H2,19,22)/t18-/m1/s1. The molecule has 0 aromatic heterocycles. The van der Waals surface area contributed by atoms with Gasteiger partial charge in [-0.05, 0) is 29.9 Å². The molecule has 1 fully saturated rings. The predicted octanol–water partition coefficient (Wildman–Crippen LogP) is 1.20. The molecule has 0 bridgehead atoms. The van der Waals surface area contributed by atoms with E-state index in [2.05, 4.69) is 20.8 Å². The largest absolute Gasteiger partial charge is 0.483 e. The fourth-order valence-electron chi connectivity index (χ4n) is 2.89. The number of nitrogens with zero attached hydrogens (tertiary/aromatic N) is 1. The van der Waals surface area contributed by atoms with Crippen molar-refractivity contribution < 1.29 is 19.4 Å². The van der Waals surface area contributed by atoms with Gasteiger partial charge in [-0.25, -0.2) is 0 Å². The lowest BCUT2D eigenvalue weighted by molar-refractivity contribution is -0.150. The van der Waals surface area contributed by atoms with E-state index in [9.17, 15) is 14.7 Å². The lowest BCUT2D eigenvalue weighted by Crippen LogP contribution is -2.57. The van der Waals surface area contributed by atoms with E-state index >= 15 is 0 Å². The summed E-state index contributed by atoms with van der Waals surface area (Å²) in [4.78, 5) is 25.2. The SMILES string of the molecule is CC(C)(C)c1ccccc1OCC(=O)N1CCC[C@](O)(C(N)=O)C1. The van der Waals surface area contributed by atoms with Crippen molar-refractivity contribution in [1.29, 1.82) is 0 Å². The van der Waals surface area contributed by atoms with Crippen molar-refractivity contribution in [2.24, 2.45) is 5.73 Å². The van der Waals surface area contributed by atoms with Gasteiger partial charge in [-0.15, -0.1) is 0 Å². The van der Waals surface area contributed by atoms with Gasteiger partial charge in [0.1, 0.15) is 5.75 Å². The number of aliphatic hydroxyl groups is 1. The summed E-state index contributed by atoms with van der Waals surface area (Å²) in [5.74, 6) is -0.391. The van der Waals surface area contributed by atoms with Crippen LogP contribution in [0.1, 0.15) is 39.2 Å². The van der Waals surface area contributed by atoms with E-state index < -0.39 is 11.5 Å². The molecule has 0 radical (unpaired) electrons. The second kappa shape index (κ2) is 6.81. The average molecular weight is 334 g/mol. The Morgan fingerprint density at radius 1 is 1.33 bits per heavy atom. The first-order valence-corrected chi connectivity index (χ1v) is 8.16. The number of likely N-dealkylation sites (tertiary alicyclic amines) is 1. The third-order valence-electron chi connectivity index (χ3n) is 4.33. The zero-order valence-corrected chi connectivity index (χ0v) is 14.5. The highest BCUT2D eigenvalue weighted by Crippen LogP contribution is 2.31. The number of carbonyl (C=O) groups excluding carboxylic acids is 2. The fourth-order valence-corrected chi connectivity index (χ4v) is 2.89. The van der Waals surface area contributed by atoms with Gasteiger partial charge >= 0.3 is 0 Å². The van der Waals surface area contributed by atoms with Gasteiger partial charge in [-0.2, -0.15) is 0 Å². The number of β-amino-alcohol motifs (C(OH)–C–C–N with tert-alkyl or cyclic N) is 1. The van der Waals surface area contributed by atoms with Gasteiger partial charge in [0.2, 0.25) is 0 Å². The number of carbonyl (C=O) groups is 2. The van der Waals surface area contributed by atoms with Crippen molar-refractivity contribution in [3.63, 3.8) is 0 Å². The first-order chi connectivity index (χ1) is 11.1. The molecule has 1 saturated heterocycles. The predicted molar refractivity (Wildman–Crippen MR) is 90.6 cm³/mol. The molecule has 0 unspecified atom stereocenters. The van der Waals surface area contributed by atoms with Gasteiger partial charge in [-0.1, -0.05) is 39.0 Å². The maximum absolute atomic E-state index is 12.4. The summed E-state index contributed by atoms with van der Waals surface area (Å²) >= 11 is 0. The molecule has 132 valence electrons. The van der Waals surface area contributed by atoms with Crippen LogP contribution in [0.15, 0.2) is 24.3 Å². The number of benzene rings is 1. The molecule has 1 aliphatic rings. The molecule has 1 aliphatic heterocycles. The van der Waals surface area contributed by atoms with Crippen LogP contribution in [0.3, 0.4) is 0 Å². The van der Waals surface area contributed by atoms with Crippen LogP contribution < -0.4 is 10.5 Å². The minimum absolute atomic E-state index is 0.0779. The first kappa shape index (κ1) is 18.3. The summed E-state index contributed by atoms with van der Waals surface area (Å²) in [7, 11) is 0. The van der Waals surface area contributed by atoms with Gasteiger partial charge in [0, 0.05) is 6.54 Å². The zero-order chi connectivity index (χ0) is 18.0. The second-order valence-electron chi connectivity index (χ2n) is 7.35. The Bertz CT molecular complexity index is 624. The Labute approximate surface area is 142 Å². The van der Waals surface area contributed by atoms with Gasteiger partial charge in [0.05, 0.1) is 6.54 Å². The Kier molecular flexibility index (Phi) is 5.18. The van der Waals surface area contributed by atoms with Gasteiger partial charge in [-0.3, -0.25) is 9.59 Å². The molecule has 6 heteroatoms. The summed E-state index contributed by atoms with van der Waals surface area (Å²) in [6.45, 7) is 6.50. The minimum atomic E-state index is -1.64. The van der Waals surface area contributed by atoms with E-state index in [1.807, 2.05) is 24.3 Å². The van der Waals surface area contributed by atoms with E-state index in [0.29, 0.717) is 18.7 Å². The normalized spacial score (nSPS) is 21.4. The number of piperidine rings is 1. The number of rotatable bonds is 4. The number of ether oxygens (including phenoxy) is 1. The summed E-state index contributed by atoms with van der Waals surface area (Å²) in [6, 6.07) is 7.62. The molecule has 6 nitrogen and oxygen atoms in total. The van der Waals surface area contributed by atoms with Crippen LogP contribution in [0.25, 0.3) is 0 Å². The molecular formula is C18H26N2O4. The van der Waals surface area contributed by atoms with Crippen LogP contribution in [0.5, 0.6) is 5.75 Å². The molecule has 1 aromatic rings. The molecule has 2 amide bonds. The summed E-state index contributed by atoms with van der Waals surface area (Å²) in [6.07, 6.45) is 0.809. The molecule has 0 aliphatic carbocycles. The quantitative estimate of drug-likeness (QED) is 0.865. The number of amides is 2. The van der Waals surface area contributed by atoms with E-state index in [1.165, 1.54) is 4.90 Å². The Hall–Kier alpha value is -2.08. The van der Waals surface area contributed by atoms with Crippen molar-refractivity contribution >= 4 is 11.8 Å². The van der Waals surface area contributed by atoms with E-state index in [4.69, 9.17) is 10.5 Å². The molecule has 2 rings (SSSR count). The van der Waals surface area contributed by atoms with Crippen molar-refractivity contribution in [1.82, 2.24) is 4.90 Å². The molecule has 24 heavy (non-hydrogen) atoms. The smallest absolute Gasteiger partial charge is 0.260 e. The van der Waals surface area contributed by atoms with Crippen LogP contribution in [-0.4, -0.2) is 47.1 Å². The fraction of sp³-hybridized carbons (Fsp3) is 0.556. The maximum atomic E-state index is 12.4. The third-order valence-corrected chi connectivity index (χ3v) is 4.33. The summed E-state index contributed by atoms with van der Waals surface area (Å²) in [5, 5.41) is 10.2. The molecule has 1 atom stereocenters. The van der Waals surface area contributed by atoms with E-state index in [0.717, 1.165) is 5.56 Å². The number of para-hydroxylation sites is 1. The van der Waals surface area contributed by atoms with Crippen LogP contribution in [0.4, 0.5) is 0 Å². The molecular weight excluding hydrogens is 308 g/mol. The Morgan fingerprint density at radius 2 is 2.00 bits per heavy atom. The molecule has 0 saturated carbocycles. The highest BCUT2D eigenvalue weighted by Gasteiger charge is 2.40. The molecule has 0 spiro atoms. The monoisotopic (exact) mass is 334 g/mol. The van der Waals surface area contributed by atoms with Crippen molar-refractivity contribution in [3.8, 4) is 5.75 Å². The summed E-state index contributed by atoms with van der Waals surface area (Å²) < 4.78 is 5.72. The Balaban J connectivity index is 2.03. The van der Waals surface area contributed by atoms with E-state index in [1.54, 1.807) is 0 Å². The number of hydrogen-bond acceptors (Lipinski definition) is 4. The van der Waals surface area contributed by atoms with Gasteiger partial charge < -0.3 is 20.5 Å². The lowest BCUT2D eigenvalue weighted by Gasteiger charge is -2.37. The second-order valence-corrected chi connectivity index (χ2v) is 7.35. The topological polar surface area (TPSA) is 92.9 Å². The van der Waals surface area contributed by atoms with Crippen molar-refractivity contribution in [2.45, 2.75) is 44.6 Å². The van der Waals surface area contributed by atoms with Crippen molar-refractivity contribution in [2.75, 3.05) is 19.7 Å². The van der Waals surface area contributed by atoms with Crippen LogP contribution >= 0.6 is 0 Å². The minimum Gasteiger partial charge on any atom is -0.483 e. The van der Waals surface area contributed by atoms with Crippen LogP contribution in [0, 0.1) is 0 Å². The number of nitrogens with two attached hydrogens (primary N) is 1. The maximum Gasteiger partial charge on any atom is 0.260 e. The van der Waals surface area contributed by atoms with Crippen molar-refractivity contribution in [3.05, 3.63) is 29.8 Å².